The molecule has 1 aromatic rings. The van der Waals surface area contributed by atoms with E-state index in [2.05, 4.69) is 4.98 Å². The van der Waals surface area contributed by atoms with Gasteiger partial charge in [-0.05, 0) is 24.2 Å². The van der Waals surface area contributed by atoms with Gasteiger partial charge in [0.1, 0.15) is 11.2 Å². The summed E-state index contributed by atoms with van der Waals surface area (Å²) in [5, 5.41) is 10.2. The molecule has 17 heavy (non-hydrogen) atoms. The van der Waals surface area contributed by atoms with Gasteiger partial charge in [-0.25, -0.2) is 4.98 Å². The second-order valence-electron chi connectivity index (χ2n) is 3.57. The van der Waals surface area contributed by atoms with Gasteiger partial charge >= 0.3 is 6.18 Å². The molecule has 0 unspecified atom stereocenters. The Morgan fingerprint density at radius 2 is 2.12 bits per heavy atom. The third kappa shape index (κ3) is 2.47. The number of nitriles is 1. The van der Waals surface area contributed by atoms with E-state index < -0.39 is 11.7 Å². The molecule has 0 amide bonds. The third-order valence-corrected chi connectivity index (χ3v) is 3.02. The van der Waals surface area contributed by atoms with Crippen LogP contribution in [0.5, 0.6) is 0 Å². The van der Waals surface area contributed by atoms with E-state index in [1.807, 2.05) is 0 Å². The Bertz CT molecular complexity index is 463. The Labute approximate surface area is 100 Å². The molecule has 0 atom stereocenters. The van der Waals surface area contributed by atoms with Crippen molar-refractivity contribution in [2.75, 3.05) is 18.0 Å². The van der Waals surface area contributed by atoms with E-state index in [0.717, 1.165) is 12.5 Å². The number of hydrogen-bond acceptors (Lipinski definition) is 4. The van der Waals surface area contributed by atoms with Crippen molar-refractivity contribution >= 4 is 17.6 Å². The van der Waals surface area contributed by atoms with E-state index in [1.165, 1.54) is 6.20 Å². The average molecular weight is 259 g/mol. The molecule has 90 valence electrons. The quantitative estimate of drug-likeness (QED) is 0.605. The van der Waals surface area contributed by atoms with Crippen molar-refractivity contribution in [1.29, 1.82) is 5.26 Å². The summed E-state index contributed by atoms with van der Waals surface area (Å²) in [6.07, 6.45) is -2.26. The number of rotatable bonds is 2. The maximum atomic E-state index is 12.8. The highest BCUT2D eigenvalue weighted by molar-refractivity contribution is 8.03. The lowest BCUT2D eigenvalue weighted by molar-refractivity contribution is -0.137. The lowest BCUT2D eigenvalue weighted by atomic mass is 10.1. The van der Waals surface area contributed by atoms with Crippen LogP contribution in [0, 0.1) is 10.7 Å². The summed E-state index contributed by atoms with van der Waals surface area (Å²) in [7, 11) is 0. The molecule has 2 heterocycles. The highest BCUT2D eigenvalue weighted by atomic mass is 32.2. The van der Waals surface area contributed by atoms with Gasteiger partial charge < -0.3 is 4.90 Å². The Morgan fingerprint density at radius 3 is 2.59 bits per heavy atom. The lowest BCUT2D eigenvalue weighted by Crippen LogP contribution is -2.39. The van der Waals surface area contributed by atoms with Gasteiger partial charge in [-0.1, -0.05) is 0 Å². The molecule has 0 radical (unpaired) electrons. The van der Waals surface area contributed by atoms with Gasteiger partial charge in [0.15, 0.2) is 0 Å². The van der Waals surface area contributed by atoms with Crippen LogP contribution in [0.15, 0.2) is 17.2 Å². The van der Waals surface area contributed by atoms with Crippen molar-refractivity contribution in [3.05, 3.63) is 17.8 Å². The minimum Gasteiger partial charge on any atom is -0.356 e. The van der Waals surface area contributed by atoms with E-state index in [9.17, 15) is 13.2 Å². The molecule has 0 saturated carbocycles. The molecule has 0 bridgehead atoms. The predicted octanol–water partition coefficient (Wildman–Crippen LogP) is 2.88. The highest BCUT2D eigenvalue weighted by Gasteiger charge is 2.37. The van der Waals surface area contributed by atoms with Gasteiger partial charge in [0.25, 0.3) is 0 Å². The molecule has 0 N–H and O–H groups in total. The molecule has 7 heteroatoms. The molecule has 1 aliphatic rings. The first-order valence-corrected chi connectivity index (χ1v) is 5.72. The molecular formula is C10H8F3N3S. The fourth-order valence-corrected chi connectivity index (χ4v) is 1.92. The van der Waals surface area contributed by atoms with Crippen LogP contribution in [0.4, 0.5) is 19.0 Å². The molecule has 3 nitrogen and oxygen atoms in total. The van der Waals surface area contributed by atoms with Gasteiger partial charge in [0.2, 0.25) is 0 Å². The number of thiocyanates is 1. The maximum absolute atomic E-state index is 12.8. The summed E-state index contributed by atoms with van der Waals surface area (Å²) in [4.78, 5) is 5.62. The van der Waals surface area contributed by atoms with Crippen molar-refractivity contribution in [2.45, 2.75) is 17.5 Å². The van der Waals surface area contributed by atoms with Crippen LogP contribution >= 0.6 is 11.8 Å². The van der Waals surface area contributed by atoms with Crippen molar-refractivity contribution in [1.82, 2.24) is 4.98 Å². The average Bonchev–Trinajstić information content (AvgIpc) is 2.16. The minimum atomic E-state index is -4.44. The van der Waals surface area contributed by atoms with Crippen LogP contribution in [-0.4, -0.2) is 18.1 Å². The Morgan fingerprint density at radius 1 is 1.41 bits per heavy atom. The summed E-state index contributed by atoms with van der Waals surface area (Å²) < 4.78 is 38.5. The molecule has 2 rings (SSSR count). The second-order valence-corrected chi connectivity index (χ2v) is 4.43. The van der Waals surface area contributed by atoms with Crippen LogP contribution < -0.4 is 4.90 Å². The number of pyridine rings is 1. The highest BCUT2D eigenvalue weighted by Crippen LogP contribution is 2.38. The monoisotopic (exact) mass is 259 g/mol. The summed E-state index contributed by atoms with van der Waals surface area (Å²) in [6.45, 7) is 1.20. The minimum absolute atomic E-state index is 0.0361. The molecule has 1 fully saturated rings. The normalized spacial score (nSPS) is 15.3. The van der Waals surface area contributed by atoms with Crippen LogP contribution in [-0.2, 0) is 6.18 Å². The second kappa shape index (κ2) is 4.45. The largest absolute Gasteiger partial charge is 0.419 e. The van der Waals surface area contributed by atoms with Crippen molar-refractivity contribution < 1.29 is 13.2 Å². The van der Waals surface area contributed by atoms with Gasteiger partial charge in [0.05, 0.1) is 5.56 Å². The zero-order valence-electron chi connectivity index (χ0n) is 8.66. The summed E-state index contributed by atoms with van der Waals surface area (Å²) in [5.41, 5.74) is -0.766. The summed E-state index contributed by atoms with van der Waals surface area (Å²) in [6, 6.07) is 0.981. The fraction of sp³-hybridized carbons (Fsp3) is 0.400. The molecule has 0 aliphatic carbocycles. The number of anilines is 1. The van der Waals surface area contributed by atoms with E-state index in [4.69, 9.17) is 5.26 Å². The van der Waals surface area contributed by atoms with Gasteiger partial charge in [-0.3, -0.25) is 0 Å². The molecule has 1 saturated heterocycles. The number of aromatic nitrogens is 1. The summed E-state index contributed by atoms with van der Waals surface area (Å²) in [5.74, 6) is -0.0361. The van der Waals surface area contributed by atoms with Gasteiger partial charge in [-0.2, -0.15) is 18.4 Å². The first-order chi connectivity index (χ1) is 8.02. The Balaban J connectivity index is 2.41. The first kappa shape index (κ1) is 12.0. The number of alkyl halides is 3. The molecule has 0 spiro atoms. The Kier molecular flexibility index (Phi) is 3.15. The number of halogens is 3. The van der Waals surface area contributed by atoms with Crippen molar-refractivity contribution in [2.24, 2.45) is 0 Å². The van der Waals surface area contributed by atoms with E-state index in [-0.39, 0.29) is 10.7 Å². The van der Waals surface area contributed by atoms with E-state index >= 15 is 0 Å². The number of hydrogen-bond donors (Lipinski definition) is 0. The smallest absolute Gasteiger partial charge is 0.356 e. The van der Waals surface area contributed by atoms with Gasteiger partial charge in [-0.15, -0.1) is 0 Å². The standard InChI is InChI=1S/C10H8F3N3S/c11-10(12,13)8-4-7(17-6-14)5-15-9(8)16-2-1-3-16/h4-5H,1-3H2. The SMILES string of the molecule is N#CSc1cnc(N2CCC2)c(C(F)(F)F)c1. The number of thioether (sulfide) groups is 1. The molecular weight excluding hydrogens is 251 g/mol. The third-order valence-electron chi connectivity index (χ3n) is 2.47. The van der Waals surface area contributed by atoms with Crippen LogP contribution in [0.2, 0.25) is 0 Å². The zero-order valence-corrected chi connectivity index (χ0v) is 9.48. The van der Waals surface area contributed by atoms with Crippen LogP contribution in [0.1, 0.15) is 12.0 Å². The van der Waals surface area contributed by atoms with Gasteiger partial charge in [0, 0.05) is 24.2 Å². The van der Waals surface area contributed by atoms with Crippen molar-refractivity contribution in [3.8, 4) is 5.40 Å². The van der Waals surface area contributed by atoms with Crippen molar-refractivity contribution in [3.63, 3.8) is 0 Å². The Hall–Kier alpha value is -1.42. The fourth-order valence-electron chi connectivity index (χ4n) is 1.54. The molecule has 1 aromatic heterocycles. The molecule has 0 aromatic carbocycles. The zero-order chi connectivity index (χ0) is 12.5. The lowest BCUT2D eigenvalue weighted by Gasteiger charge is -2.33. The summed E-state index contributed by atoms with van der Waals surface area (Å²) >= 11 is 0.676. The van der Waals surface area contributed by atoms with E-state index in [0.29, 0.717) is 24.9 Å². The first-order valence-electron chi connectivity index (χ1n) is 4.90. The van der Waals surface area contributed by atoms with Crippen LogP contribution in [0.25, 0.3) is 0 Å². The van der Waals surface area contributed by atoms with Crippen LogP contribution in [0.3, 0.4) is 0 Å². The molecule has 1 aliphatic heterocycles. The topological polar surface area (TPSA) is 39.9 Å². The number of nitrogens with zero attached hydrogens (tertiary/aromatic N) is 3. The predicted molar refractivity (Wildman–Crippen MR) is 57.5 cm³/mol. The van der Waals surface area contributed by atoms with E-state index in [1.54, 1.807) is 10.3 Å². The maximum Gasteiger partial charge on any atom is 0.419 e.